The summed E-state index contributed by atoms with van der Waals surface area (Å²) in [6.45, 7) is 6.02. The highest BCUT2D eigenvalue weighted by molar-refractivity contribution is 5.78. The molecule has 0 bridgehead atoms. The maximum Gasteiger partial charge on any atom is 0.258 e. The predicted molar refractivity (Wildman–Crippen MR) is 95.5 cm³/mol. The molecule has 7 heteroatoms. The van der Waals surface area contributed by atoms with E-state index in [0.29, 0.717) is 36.1 Å². The van der Waals surface area contributed by atoms with E-state index in [1.54, 1.807) is 12.1 Å². The molecule has 0 radical (unpaired) electrons. The third-order valence-corrected chi connectivity index (χ3v) is 4.51. The summed E-state index contributed by atoms with van der Waals surface area (Å²) in [5.74, 6) is 0.510. The molecule has 134 valence electrons. The molecule has 1 aliphatic heterocycles. The topological polar surface area (TPSA) is 87.3 Å². The lowest BCUT2D eigenvalue weighted by atomic mass is 10.2. The van der Waals surface area contributed by atoms with Gasteiger partial charge in [-0.25, -0.2) is 4.98 Å². The van der Waals surface area contributed by atoms with Crippen molar-refractivity contribution in [1.82, 2.24) is 20.2 Å². The maximum absolute atomic E-state index is 12.1. The Morgan fingerprint density at radius 2 is 2.12 bits per heavy atom. The molecule has 1 aromatic carbocycles. The van der Waals surface area contributed by atoms with Gasteiger partial charge in [-0.1, -0.05) is 12.1 Å². The van der Waals surface area contributed by atoms with Crippen LogP contribution in [0.5, 0.6) is 0 Å². The zero-order valence-corrected chi connectivity index (χ0v) is 14.5. The number of carbonyl (C=O) groups excluding carboxylic acids is 1. The number of nitrogens with one attached hydrogen (secondary N) is 2. The molecular formula is C18H24N4O3. The van der Waals surface area contributed by atoms with Crippen LogP contribution < -0.4 is 10.9 Å². The highest BCUT2D eigenvalue weighted by Gasteiger charge is 2.17. The molecule has 2 heterocycles. The zero-order valence-electron chi connectivity index (χ0n) is 14.5. The standard InChI is InChI=1S/C18H24N4O3/c1-13(22-8-10-25-11-9-22)12-19-17(23)7-6-16-20-15-5-3-2-4-14(15)18(24)21-16/h2-5,13H,6-12H2,1H3,(H,19,23)(H,20,21,24)/t13-/m1/s1. The van der Waals surface area contributed by atoms with Crippen LogP contribution in [0.1, 0.15) is 19.2 Å². The Morgan fingerprint density at radius 3 is 2.92 bits per heavy atom. The van der Waals surface area contributed by atoms with Gasteiger partial charge in [-0.15, -0.1) is 0 Å². The summed E-state index contributed by atoms with van der Waals surface area (Å²) in [4.78, 5) is 33.6. The number of fused-ring (bicyclic) bond motifs is 1. The number of aromatic amines is 1. The minimum Gasteiger partial charge on any atom is -0.379 e. The van der Waals surface area contributed by atoms with Crippen molar-refractivity contribution in [2.24, 2.45) is 0 Å². The number of amides is 1. The number of aryl methyl sites for hydroxylation is 1. The number of H-pyrrole nitrogens is 1. The summed E-state index contributed by atoms with van der Waals surface area (Å²) >= 11 is 0. The van der Waals surface area contributed by atoms with Crippen molar-refractivity contribution in [2.75, 3.05) is 32.8 Å². The Bertz CT molecular complexity index is 783. The second-order valence-corrected chi connectivity index (χ2v) is 6.33. The first kappa shape index (κ1) is 17.6. The number of hydrogen-bond acceptors (Lipinski definition) is 5. The first-order chi connectivity index (χ1) is 12.1. The van der Waals surface area contributed by atoms with E-state index in [1.165, 1.54) is 0 Å². The van der Waals surface area contributed by atoms with Crippen LogP contribution in [0.15, 0.2) is 29.1 Å². The molecule has 25 heavy (non-hydrogen) atoms. The van der Waals surface area contributed by atoms with E-state index in [4.69, 9.17) is 4.74 Å². The highest BCUT2D eigenvalue weighted by atomic mass is 16.5. The van der Waals surface area contributed by atoms with Crippen molar-refractivity contribution in [2.45, 2.75) is 25.8 Å². The number of rotatable bonds is 6. The van der Waals surface area contributed by atoms with Gasteiger partial charge in [0.25, 0.3) is 5.56 Å². The van der Waals surface area contributed by atoms with Gasteiger partial charge in [0.05, 0.1) is 24.1 Å². The average molecular weight is 344 g/mol. The second-order valence-electron chi connectivity index (χ2n) is 6.33. The summed E-state index contributed by atoms with van der Waals surface area (Å²) in [7, 11) is 0. The Balaban J connectivity index is 1.49. The van der Waals surface area contributed by atoms with E-state index in [0.717, 1.165) is 26.3 Å². The van der Waals surface area contributed by atoms with Crippen molar-refractivity contribution >= 4 is 16.8 Å². The maximum atomic E-state index is 12.1. The molecule has 1 amide bonds. The van der Waals surface area contributed by atoms with Crippen molar-refractivity contribution in [3.8, 4) is 0 Å². The Hall–Kier alpha value is -2.25. The number of aromatic nitrogens is 2. The van der Waals surface area contributed by atoms with Gasteiger partial charge >= 0.3 is 0 Å². The lowest BCUT2D eigenvalue weighted by Gasteiger charge is -2.32. The minimum absolute atomic E-state index is 0.0316. The van der Waals surface area contributed by atoms with Crippen LogP contribution in [0.3, 0.4) is 0 Å². The number of carbonyl (C=O) groups is 1. The average Bonchev–Trinajstić information content (AvgIpc) is 2.65. The van der Waals surface area contributed by atoms with Crippen LogP contribution in [0.2, 0.25) is 0 Å². The smallest absolute Gasteiger partial charge is 0.258 e. The molecule has 0 unspecified atom stereocenters. The summed E-state index contributed by atoms with van der Waals surface area (Å²) in [6.07, 6.45) is 0.717. The fraction of sp³-hybridized carbons (Fsp3) is 0.500. The van der Waals surface area contributed by atoms with Crippen LogP contribution >= 0.6 is 0 Å². The zero-order chi connectivity index (χ0) is 17.6. The van der Waals surface area contributed by atoms with Gasteiger partial charge in [0.1, 0.15) is 5.82 Å². The molecule has 2 N–H and O–H groups in total. The summed E-state index contributed by atoms with van der Waals surface area (Å²) in [6, 6.07) is 7.48. The van der Waals surface area contributed by atoms with Gasteiger partial charge in [-0.05, 0) is 19.1 Å². The fourth-order valence-corrected chi connectivity index (χ4v) is 2.98. The van der Waals surface area contributed by atoms with Crippen LogP contribution in [0.25, 0.3) is 10.9 Å². The summed E-state index contributed by atoms with van der Waals surface area (Å²) in [5.41, 5.74) is 0.490. The SMILES string of the molecule is C[C@H](CNC(=O)CCc1nc2ccccc2c(=O)[nH]1)N1CCOCC1. The van der Waals surface area contributed by atoms with Gasteiger partial charge in [-0.2, -0.15) is 0 Å². The number of morpholine rings is 1. The Kier molecular flexibility index (Phi) is 5.78. The Labute approximate surface area is 146 Å². The van der Waals surface area contributed by atoms with Crippen molar-refractivity contribution < 1.29 is 9.53 Å². The van der Waals surface area contributed by atoms with Gasteiger partial charge in [0.15, 0.2) is 0 Å². The summed E-state index contributed by atoms with van der Waals surface area (Å²) < 4.78 is 5.34. The first-order valence-corrected chi connectivity index (χ1v) is 8.70. The van der Waals surface area contributed by atoms with E-state index in [2.05, 4.69) is 27.1 Å². The van der Waals surface area contributed by atoms with Crippen molar-refractivity contribution in [3.63, 3.8) is 0 Å². The van der Waals surface area contributed by atoms with Gasteiger partial charge in [0, 0.05) is 38.5 Å². The molecule has 0 spiro atoms. The van der Waals surface area contributed by atoms with Crippen LogP contribution in [0.4, 0.5) is 0 Å². The normalized spacial score (nSPS) is 16.7. The van der Waals surface area contributed by atoms with Crippen molar-refractivity contribution in [3.05, 3.63) is 40.4 Å². The van der Waals surface area contributed by atoms with Crippen LogP contribution in [-0.2, 0) is 16.0 Å². The number of hydrogen-bond donors (Lipinski definition) is 2. The Morgan fingerprint density at radius 1 is 1.36 bits per heavy atom. The van der Waals surface area contributed by atoms with E-state index in [-0.39, 0.29) is 17.5 Å². The molecule has 1 aromatic heterocycles. The van der Waals surface area contributed by atoms with Gasteiger partial charge < -0.3 is 15.0 Å². The minimum atomic E-state index is -0.165. The lowest BCUT2D eigenvalue weighted by Crippen LogP contribution is -2.47. The van der Waals surface area contributed by atoms with E-state index in [9.17, 15) is 9.59 Å². The molecule has 0 aliphatic carbocycles. The van der Waals surface area contributed by atoms with Gasteiger partial charge in [-0.3, -0.25) is 14.5 Å². The molecule has 7 nitrogen and oxygen atoms in total. The highest BCUT2D eigenvalue weighted by Crippen LogP contribution is 2.07. The third-order valence-electron chi connectivity index (χ3n) is 4.51. The second kappa shape index (κ2) is 8.22. The number of para-hydroxylation sites is 1. The van der Waals surface area contributed by atoms with Crippen LogP contribution in [-0.4, -0.2) is 59.7 Å². The number of ether oxygens (including phenoxy) is 1. The molecule has 3 rings (SSSR count). The molecule has 0 saturated carbocycles. The van der Waals surface area contributed by atoms with E-state index < -0.39 is 0 Å². The molecule has 1 fully saturated rings. The fourth-order valence-electron chi connectivity index (χ4n) is 2.98. The monoisotopic (exact) mass is 344 g/mol. The summed E-state index contributed by atoms with van der Waals surface area (Å²) in [5, 5.41) is 3.53. The quantitative estimate of drug-likeness (QED) is 0.805. The molecule has 1 aliphatic rings. The molecule has 1 saturated heterocycles. The number of benzene rings is 1. The van der Waals surface area contributed by atoms with E-state index >= 15 is 0 Å². The van der Waals surface area contributed by atoms with Gasteiger partial charge in [0.2, 0.25) is 5.91 Å². The van der Waals surface area contributed by atoms with Crippen molar-refractivity contribution in [1.29, 1.82) is 0 Å². The lowest BCUT2D eigenvalue weighted by molar-refractivity contribution is -0.121. The first-order valence-electron chi connectivity index (χ1n) is 8.70. The predicted octanol–water partition coefficient (Wildman–Crippen LogP) is 0.693. The molecular weight excluding hydrogens is 320 g/mol. The molecule has 2 aromatic rings. The molecule has 1 atom stereocenters. The van der Waals surface area contributed by atoms with Crippen LogP contribution in [0, 0.1) is 0 Å². The number of nitrogens with zero attached hydrogens (tertiary/aromatic N) is 2. The third kappa shape index (κ3) is 4.64. The van der Waals surface area contributed by atoms with E-state index in [1.807, 2.05) is 12.1 Å². The largest absolute Gasteiger partial charge is 0.379 e.